The predicted molar refractivity (Wildman–Crippen MR) is 117 cm³/mol. The van der Waals surface area contributed by atoms with Crippen molar-refractivity contribution in [1.29, 1.82) is 5.26 Å². The molecule has 7 nitrogen and oxygen atoms in total. The van der Waals surface area contributed by atoms with Crippen LogP contribution < -0.4 is 15.4 Å². The summed E-state index contributed by atoms with van der Waals surface area (Å²) >= 11 is 12.1. The summed E-state index contributed by atoms with van der Waals surface area (Å²) < 4.78 is 55.7. The molecule has 2 aromatic rings. The van der Waals surface area contributed by atoms with Crippen molar-refractivity contribution in [1.82, 2.24) is 10.3 Å². The highest BCUT2D eigenvalue weighted by Gasteiger charge is 2.32. The van der Waals surface area contributed by atoms with E-state index in [1.807, 2.05) is 6.92 Å². The Hall–Kier alpha value is -3.07. The second-order valence-electron chi connectivity index (χ2n) is 6.66. The van der Waals surface area contributed by atoms with E-state index in [2.05, 4.69) is 25.5 Å². The van der Waals surface area contributed by atoms with Gasteiger partial charge in [0.25, 0.3) is 0 Å². The van der Waals surface area contributed by atoms with Crippen LogP contribution in [0, 0.1) is 17.3 Å². The highest BCUT2D eigenvalue weighted by atomic mass is 35.5. The van der Waals surface area contributed by atoms with Gasteiger partial charge in [-0.2, -0.15) is 10.4 Å². The lowest BCUT2D eigenvalue weighted by Crippen LogP contribution is -2.41. The molecule has 0 saturated heterocycles. The summed E-state index contributed by atoms with van der Waals surface area (Å²) in [5.41, 5.74) is 0.822. The number of nitriles is 1. The summed E-state index contributed by atoms with van der Waals surface area (Å²) in [6, 6.07) is 7.06. The van der Waals surface area contributed by atoms with E-state index in [4.69, 9.17) is 28.5 Å². The number of nitrogens with one attached hydrogen (secondary N) is 2. The van der Waals surface area contributed by atoms with Gasteiger partial charge in [-0.3, -0.25) is 0 Å². The zero-order chi connectivity index (χ0) is 24.2. The van der Waals surface area contributed by atoms with Crippen LogP contribution in [0.4, 0.5) is 23.2 Å². The zero-order valence-electron chi connectivity index (χ0n) is 16.9. The lowest BCUT2D eigenvalue weighted by molar-refractivity contribution is -0.274. The number of anilines is 1. The van der Waals surface area contributed by atoms with Crippen LogP contribution in [-0.4, -0.2) is 42.2 Å². The molecule has 174 valence electrons. The Bertz CT molecular complexity index is 1130. The molecule has 0 radical (unpaired) electrons. The molecule has 1 aliphatic rings. The predicted octanol–water partition coefficient (Wildman–Crippen LogP) is 4.98. The van der Waals surface area contributed by atoms with Crippen molar-refractivity contribution < 1.29 is 22.3 Å². The Morgan fingerprint density at radius 3 is 2.67 bits per heavy atom. The Balaban J connectivity index is 1.93. The molecule has 1 heterocycles. The SMILES string of the molecule is CCNC1CN(/C(=N\C#N)Nc2cc(OC(F)(F)F)ccc2F)N=C1c1ccc(Cl)c(Cl)c1. The van der Waals surface area contributed by atoms with Crippen LogP contribution in [0.15, 0.2) is 46.5 Å². The Morgan fingerprint density at radius 2 is 2.03 bits per heavy atom. The summed E-state index contributed by atoms with van der Waals surface area (Å²) in [5.74, 6) is -1.72. The van der Waals surface area contributed by atoms with Gasteiger partial charge in [-0.1, -0.05) is 36.2 Å². The van der Waals surface area contributed by atoms with Crippen LogP contribution in [0.25, 0.3) is 0 Å². The molecular formula is C20H16Cl2F4N6O. The average molecular weight is 503 g/mol. The molecule has 2 aromatic carbocycles. The average Bonchev–Trinajstić information content (AvgIpc) is 3.15. The topological polar surface area (TPSA) is 85.0 Å². The highest BCUT2D eigenvalue weighted by Crippen LogP contribution is 2.28. The van der Waals surface area contributed by atoms with Gasteiger partial charge >= 0.3 is 6.36 Å². The first kappa shape index (κ1) is 24.6. The number of halogens is 6. The van der Waals surface area contributed by atoms with Gasteiger partial charge in [0, 0.05) is 11.6 Å². The standard InChI is InChI=1S/C20H16Cl2F4N6O/c1-2-28-17-9-32(31-18(17)11-3-5-13(21)14(22)7-11)19(29-10-27)30-16-8-12(4-6-15(16)23)33-20(24,25)26/h3-8,17,28H,2,9H2,1H3,(H,29,30). The van der Waals surface area contributed by atoms with Gasteiger partial charge in [0.15, 0.2) is 0 Å². The second kappa shape index (κ2) is 10.2. The quantitative estimate of drug-likeness (QED) is 0.260. The third-order valence-electron chi connectivity index (χ3n) is 4.40. The molecular weight excluding hydrogens is 487 g/mol. The molecule has 2 N–H and O–H groups in total. The number of benzene rings is 2. The number of rotatable bonds is 5. The van der Waals surface area contributed by atoms with Gasteiger partial charge in [0.05, 0.1) is 34.0 Å². The minimum absolute atomic E-state index is 0.192. The fourth-order valence-electron chi connectivity index (χ4n) is 3.07. The van der Waals surface area contributed by atoms with E-state index >= 15 is 0 Å². The molecule has 0 saturated carbocycles. The molecule has 0 fully saturated rings. The molecule has 0 aliphatic carbocycles. The van der Waals surface area contributed by atoms with Crippen LogP contribution in [0.5, 0.6) is 5.75 Å². The van der Waals surface area contributed by atoms with Gasteiger partial charge in [0.2, 0.25) is 12.2 Å². The van der Waals surface area contributed by atoms with E-state index in [-0.39, 0.29) is 24.2 Å². The maximum absolute atomic E-state index is 14.3. The van der Waals surface area contributed by atoms with Crippen LogP contribution in [0.1, 0.15) is 12.5 Å². The van der Waals surface area contributed by atoms with Gasteiger partial charge in [-0.25, -0.2) is 9.40 Å². The van der Waals surface area contributed by atoms with Crippen LogP contribution in [0.2, 0.25) is 10.0 Å². The number of hydrogen-bond donors (Lipinski definition) is 2. The molecule has 13 heteroatoms. The molecule has 1 unspecified atom stereocenters. The summed E-state index contributed by atoms with van der Waals surface area (Å²) in [6.45, 7) is 2.67. The molecule has 33 heavy (non-hydrogen) atoms. The van der Waals surface area contributed by atoms with Gasteiger partial charge in [-0.05, 0) is 30.8 Å². The van der Waals surface area contributed by atoms with E-state index in [1.54, 1.807) is 24.4 Å². The minimum Gasteiger partial charge on any atom is -0.406 e. The Kier molecular flexibility index (Phi) is 7.63. The maximum atomic E-state index is 14.3. The normalized spacial score (nSPS) is 16.4. The largest absolute Gasteiger partial charge is 0.573 e. The van der Waals surface area contributed by atoms with Crippen molar-refractivity contribution in [2.75, 3.05) is 18.4 Å². The number of hydrogen-bond acceptors (Lipinski definition) is 5. The van der Waals surface area contributed by atoms with E-state index in [1.165, 1.54) is 5.01 Å². The third-order valence-corrected chi connectivity index (χ3v) is 5.14. The maximum Gasteiger partial charge on any atom is 0.573 e. The number of hydrazone groups is 1. The Labute approximate surface area is 196 Å². The number of aliphatic imine (C=N–C) groups is 1. The van der Waals surface area contributed by atoms with Crippen molar-refractivity contribution in [3.05, 3.63) is 57.8 Å². The summed E-state index contributed by atoms with van der Waals surface area (Å²) in [4.78, 5) is 3.63. The van der Waals surface area contributed by atoms with E-state index in [0.717, 1.165) is 18.2 Å². The van der Waals surface area contributed by atoms with Gasteiger partial charge in [-0.15, -0.1) is 18.2 Å². The number of likely N-dealkylation sites (N-methyl/N-ethyl adjacent to an activating group) is 1. The van der Waals surface area contributed by atoms with Crippen molar-refractivity contribution >= 4 is 40.6 Å². The lowest BCUT2D eigenvalue weighted by Gasteiger charge is -2.19. The fraction of sp³-hybridized carbons (Fsp3) is 0.250. The minimum atomic E-state index is -4.95. The molecule has 3 rings (SSSR count). The summed E-state index contributed by atoms with van der Waals surface area (Å²) in [5, 5.41) is 21.3. The number of guanidine groups is 1. The van der Waals surface area contributed by atoms with Crippen molar-refractivity contribution in [3.63, 3.8) is 0 Å². The van der Waals surface area contributed by atoms with Crippen LogP contribution in [0.3, 0.4) is 0 Å². The van der Waals surface area contributed by atoms with Crippen molar-refractivity contribution in [2.45, 2.75) is 19.3 Å². The smallest absolute Gasteiger partial charge is 0.406 e. The molecule has 0 bridgehead atoms. The van der Waals surface area contributed by atoms with Crippen molar-refractivity contribution in [3.8, 4) is 11.9 Å². The van der Waals surface area contributed by atoms with Gasteiger partial charge in [0.1, 0.15) is 11.6 Å². The third kappa shape index (κ3) is 6.25. The number of alkyl halides is 3. The summed E-state index contributed by atoms with van der Waals surface area (Å²) in [6.07, 6.45) is -3.38. The monoisotopic (exact) mass is 502 g/mol. The first-order valence-electron chi connectivity index (χ1n) is 9.45. The van der Waals surface area contributed by atoms with E-state index in [0.29, 0.717) is 27.9 Å². The van der Waals surface area contributed by atoms with E-state index in [9.17, 15) is 17.6 Å². The molecule has 0 amide bonds. The highest BCUT2D eigenvalue weighted by molar-refractivity contribution is 6.42. The van der Waals surface area contributed by atoms with Crippen molar-refractivity contribution in [2.24, 2.45) is 10.1 Å². The van der Waals surface area contributed by atoms with E-state index < -0.39 is 17.9 Å². The molecule has 0 aromatic heterocycles. The van der Waals surface area contributed by atoms with Crippen LogP contribution in [-0.2, 0) is 0 Å². The summed E-state index contributed by atoms with van der Waals surface area (Å²) in [7, 11) is 0. The first-order valence-corrected chi connectivity index (χ1v) is 10.2. The zero-order valence-corrected chi connectivity index (χ0v) is 18.4. The number of nitrogens with zero attached hydrogens (tertiary/aromatic N) is 4. The lowest BCUT2D eigenvalue weighted by atomic mass is 10.0. The first-order chi connectivity index (χ1) is 15.6. The van der Waals surface area contributed by atoms with Crippen LogP contribution >= 0.6 is 23.2 Å². The second-order valence-corrected chi connectivity index (χ2v) is 7.47. The Morgan fingerprint density at radius 1 is 1.27 bits per heavy atom. The molecule has 1 aliphatic heterocycles. The van der Waals surface area contributed by atoms with Gasteiger partial charge < -0.3 is 15.4 Å². The molecule has 1 atom stereocenters. The molecule has 0 spiro atoms. The fourth-order valence-corrected chi connectivity index (χ4v) is 3.37. The number of ether oxygens (including phenoxy) is 1.